The second-order valence-corrected chi connectivity index (χ2v) is 5.24. The number of hydrogen-bond donors (Lipinski definition) is 1. The third-order valence-electron chi connectivity index (χ3n) is 3.34. The number of halogens is 1. The minimum Gasteiger partial charge on any atom is -0.377 e. The number of rotatable bonds is 3. The Morgan fingerprint density at radius 1 is 1.60 bits per heavy atom. The van der Waals surface area contributed by atoms with Gasteiger partial charge in [0, 0.05) is 24.0 Å². The summed E-state index contributed by atoms with van der Waals surface area (Å²) in [5.41, 5.74) is 1.46. The monoisotopic (exact) mass is 340 g/mol. The van der Waals surface area contributed by atoms with Crippen molar-refractivity contribution in [1.82, 2.24) is 9.97 Å². The molecule has 1 fully saturated rings. The first kappa shape index (κ1) is 13.3. The van der Waals surface area contributed by atoms with Crippen LogP contribution >= 0.6 is 15.9 Å². The van der Waals surface area contributed by atoms with Gasteiger partial charge in [-0.3, -0.25) is 10.1 Å². The van der Waals surface area contributed by atoms with Crippen molar-refractivity contribution in [2.75, 3.05) is 30.0 Å². The van der Waals surface area contributed by atoms with Crippen LogP contribution in [-0.4, -0.2) is 46.0 Å². The Morgan fingerprint density at radius 2 is 2.45 bits per heavy atom. The Balaban J connectivity index is 1.97. The fraction of sp³-hybridized carbons (Fsp3) is 0.417. The molecule has 1 unspecified atom stereocenters. The molecule has 1 N–H and O–H groups in total. The average molecular weight is 341 g/mol. The molecule has 1 aromatic carbocycles. The highest BCUT2D eigenvalue weighted by molar-refractivity contribution is 9.09. The van der Waals surface area contributed by atoms with E-state index in [0.717, 1.165) is 23.3 Å². The minimum absolute atomic E-state index is 0.0618. The zero-order chi connectivity index (χ0) is 14.1. The third-order valence-corrected chi connectivity index (χ3v) is 4.09. The van der Waals surface area contributed by atoms with E-state index in [1.165, 1.54) is 12.1 Å². The molecule has 20 heavy (non-hydrogen) atoms. The van der Waals surface area contributed by atoms with Crippen molar-refractivity contribution >= 4 is 38.6 Å². The number of aromatic amines is 1. The highest BCUT2D eigenvalue weighted by Gasteiger charge is 2.24. The summed E-state index contributed by atoms with van der Waals surface area (Å²) in [6.45, 7) is 2.04. The van der Waals surface area contributed by atoms with Crippen molar-refractivity contribution in [3.63, 3.8) is 0 Å². The van der Waals surface area contributed by atoms with Gasteiger partial charge in [0.1, 0.15) is 0 Å². The number of nitro groups is 1. The predicted molar refractivity (Wildman–Crippen MR) is 78.5 cm³/mol. The van der Waals surface area contributed by atoms with E-state index in [4.69, 9.17) is 4.74 Å². The number of morpholine rings is 1. The van der Waals surface area contributed by atoms with E-state index >= 15 is 0 Å². The molecule has 0 radical (unpaired) electrons. The molecule has 106 valence electrons. The normalized spacial score (nSPS) is 19.4. The van der Waals surface area contributed by atoms with Gasteiger partial charge in [-0.1, -0.05) is 15.9 Å². The predicted octanol–water partition coefficient (Wildman–Crippen LogP) is 2.07. The smallest absolute Gasteiger partial charge is 0.271 e. The van der Waals surface area contributed by atoms with Crippen molar-refractivity contribution in [3.05, 3.63) is 28.3 Å². The molecule has 7 nitrogen and oxygen atoms in total. The SMILES string of the molecule is O=[N+]([O-])c1ccc2nc(N3CCOCC3CBr)[nH]c2c1. The summed E-state index contributed by atoms with van der Waals surface area (Å²) < 4.78 is 5.45. The fourth-order valence-electron chi connectivity index (χ4n) is 2.30. The van der Waals surface area contributed by atoms with Crippen LogP contribution < -0.4 is 4.90 Å². The summed E-state index contributed by atoms with van der Waals surface area (Å²) in [5, 5.41) is 11.6. The molecule has 3 rings (SSSR count). The summed E-state index contributed by atoms with van der Waals surface area (Å²) >= 11 is 3.47. The van der Waals surface area contributed by atoms with Crippen LogP contribution in [0.2, 0.25) is 0 Å². The molecule has 1 atom stereocenters. The van der Waals surface area contributed by atoms with Gasteiger partial charge in [0.25, 0.3) is 5.69 Å². The lowest BCUT2D eigenvalue weighted by molar-refractivity contribution is -0.384. The van der Waals surface area contributed by atoms with E-state index in [9.17, 15) is 10.1 Å². The Bertz CT molecular complexity index is 645. The van der Waals surface area contributed by atoms with E-state index in [-0.39, 0.29) is 11.7 Å². The van der Waals surface area contributed by atoms with Gasteiger partial charge in [-0.15, -0.1) is 0 Å². The Morgan fingerprint density at radius 3 is 3.20 bits per heavy atom. The van der Waals surface area contributed by atoms with Crippen molar-refractivity contribution in [1.29, 1.82) is 0 Å². The number of imidazole rings is 1. The number of aromatic nitrogens is 2. The van der Waals surface area contributed by atoms with Crippen molar-refractivity contribution in [2.45, 2.75) is 6.04 Å². The summed E-state index contributed by atoms with van der Waals surface area (Å²) in [6, 6.07) is 4.85. The number of hydrogen-bond acceptors (Lipinski definition) is 5. The van der Waals surface area contributed by atoms with Gasteiger partial charge in [0.2, 0.25) is 5.95 Å². The quantitative estimate of drug-likeness (QED) is 0.525. The van der Waals surface area contributed by atoms with Crippen molar-refractivity contribution in [2.24, 2.45) is 0 Å². The molecule has 1 aromatic heterocycles. The molecule has 2 aromatic rings. The van der Waals surface area contributed by atoms with Crippen LogP contribution in [0.3, 0.4) is 0 Å². The van der Waals surface area contributed by atoms with Gasteiger partial charge in [-0.05, 0) is 6.07 Å². The molecule has 0 amide bonds. The molecule has 0 spiro atoms. The molecule has 1 saturated heterocycles. The zero-order valence-corrected chi connectivity index (χ0v) is 12.2. The Hall–Kier alpha value is -1.67. The molecule has 0 aliphatic carbocycles. The maximum atomic E-state index is 10.8. The van der Waals surface area contributed by atoms with E-state index in [1.54, 1.807) is 6.07 Å². The van der Waals surface area contributed by atoms with E-state index < -0.39 is 4.92 Å². The molecule has 8 heteroatoms. The summed E-state index contributed by atoms with van der Waals surface area (Å²) in [6.07, 6.45) is 0. The number of ether oxygens (including phenoxy) is 1. The van der Waals surface area contributed by atoms with Gasteiger partial charge in [-0.25, -0.2) is 4.98 Å². The van der Waals surface area contributed by atoms with Gasteiger partial charge in [0.05, 0.1) is 35.2 Å². The van der Waals surface area contributed by atoms with Crippen LogP contribution in [0.1, 0.15) is 0 Å². The summed E-state index contributed by atoms with van der Waals surface area (Å²) in [4.78, 5) is 20.2. The fourth-order valence-corrected chi connectivity index (χ4v) is 2.83. The van der Waals surface area contributed by atoms with Crippen LogP contribution in [0.25, 0.3) is 11.0 Å². The second-order valence-electron chi connectivity index (χ2n) is 4.60. The minimum atomic E-state index is -0.407. The van der Waals surface area contributed by atoms with E-state index in [2.05, 4.69) is 30.8 Å². The molecule has 1 aliphatic heterocycles. The highest BCUT2D eigenvalue weighted by Crippen LogP contribution is 2.24. The maximum absolute atomic E-state index is 10.8. The lowest BCUT2D eigenvalue weighted by atomic mass is 10.3. The van der Waals surface area contributed by atoms with Crippen LogP contribution in [0.5, 0.6) is 0 Å². The number of fused-ring (bicyclic) bond motifs is 1. The number of non-ortho nitro benzene ring substituents is 1. The number of nitrogens with zero attached hydrogens (tertiary/aromatic N) is 3. The first-order chi connectivity index (χ1) is 9.69. The van der Waals surface area contributed by atoms with Crippen LogP contribution in [-0.2, 0) is 4.74 Å². The van der Waals surface area contributed by atoms with Gasteiger partial charge < -0.3 is 14.6 Å². The molecular formula is C12H13BrN4O3. The molecule has 0 bridgehead atoms. The number of anilines is 1. The second kappa shape index (κ2) is 5.37. The van der Waals surface area contributed by atoms with E-state index in [0.29, 0.717) is 18.7 Å². The number of H-pyrrole nitrogens is 1. The zero-order valence-electron chi connectivity index (χ0n) is 10.6. The lowest BCUT2D eigenvalue weighted by Gasteiger charge is -2.34. The molecule has 2 heterocycles. The van der Waals surface area contributed by atoms with Crippen LogP contribution in [0.15, 0.2) is 18.2 Å². The first-order valence-electron chi connectivity index (χ1n) is 6.23. The Labute approximate surface area is 123 Å². The Kier molecular flexibility index (Phi) is 3.58. The van der Waals surface area contributed by atoms with Crippen molar-refractivity contribution < 1.29 is 9.66 Å². The topological polar surface area (TPSA) is 84.3 Å². The van der Waals surface area contributed by atoms with Crippen LogP contribution in [0, 0.1) is 10.1 Å². The number of benzene rings is 1. The average Bonchev–Trinajstić information content (AvgIpc) is 2.89. The van der Waals surface area contributed by atoms with Crippen LogP contribution in [0.4, 0.5) is 11.6 Å². The number of nitrogens with one attached hydrogen (secondary N) is 1. The molecule has 0 saturated carbocycles. The van der Waals surface area contributed by atoms with Gasteiger partial charge in [-0.2, -0.15) is 0 Å². The number of alkyl halides is 1. The van der Waals surface area contributed by atoms with E-state index in [1.807, 2.05) is 0 Å². The standard InChI is InChI=1S/C12H13BrN4O3/c13-6-9-7-20-4-3-16(9)12-14-10-2-1-8(17(18)19)5-11(10)15-12/h1-2,5,9H,3-4,6-7H2,(H,14,15). The number of nitro benzene ring substituents is 1. The maximum Gasteiger partial charge on any atom is 0.271 e. The lowest BCUT2D eigenvalue weighted by Crippen LogP contribution is -2.47. The first-order valence-corrected chi connectivity index (χ1v) is 7.35. The summed E-state index contributed by atoms with van der Waals surface area (Å²) in [7, 11) is 0. The molecular weight excluding hydrogens is 328 g/mol. The van der Waals surface area contributed by atoms with Gasteiger partial charge >= 0.3 is 0 Å². The largest absolute Gasteiger partial charge is 0.377 e. The summed E-state index contributed by atoms with van der Waals surface area (Å²) in [5.74, 6) is 0.730. The molecule has 1 aliphatic rings. The highest BCUT2D eigenvalue weighted by atomic mass is 79.9. The van der Waals surface area contributed by atoms with Gasteiger partial charge in [0.15, 0.2) is 0 Å². The van der Waals surface area contributed by atoms with Crippen molar-refractivity contribution in [3.8, 4) is 0 Å². The third kappa shape index (κ3) is 2.36.